The predicted molar refractivity (Wildman–Crippen MR) is 85.8 cm³/mol. The number of nitrogens with one attached hydrogen (secondary N) is 1. The molecule has 0 spiro atoms. The Morgan fingerprint density at radius 3 is 2.81 bits per heavy atom. The van der Waals surface area contributed by atoms with E-state index >= 15 is 0 Å². The molecule has 114 valence electrons. The Bertz CT molecular complexity index is 504. The first-order valence-corrected chi connectivity index (χ1v) is 7.74. The van der Waals surface area contributed by atoms with E-state index in [1.165, 1.54) is 4.90 Å². The molecule has 0 aliphatic carbocycles. The molecular weight excluding hydrogens is 387 g/mol. The maximum atomic E-state index is 12.1. The van der Waals surface area contributed by atoms with Crippen LogP contribution in [0.5, 0.6) is 0 Å². The van der Waals surface area contributed by atoms with Crippen LogP contribution in [0.1, 0.15) is 6.42 Å². The molecule has 1 saturated heterocycles. The molecule has 1 atom stereocenters. The van der Waals surface area contributed by atoms with E-state index in [9.17, 15) is 9.59 Å². The zero-order valence-corrected chi connectivity index (χ0v) is 13.6. The van der Waals surface area contributed by atoms with Gasteiger partial charge in [0, 0.05) is 22.3 Å². The zero-order chi connectivity index (χ0) is 15.2. The third-order valence-electron chi connectivity index (χ3n) is 3.14. The van der Waals surface area contributed by atoms with E-state index in [1.807, 2.05) is 12.1 Å². The molecular formula is C14H17IN2O4. The summed E-state index contributed by atoms with van der Waals surface area (Å²) in [5, 5.41) is 11.6. The van der Waals surface area contributed by atoms with Gasteiger partial charge in [0.15, 0.2) is 0 Å². The molecule has 2 N–H and O–H groups in total. The fraction of sp³-hybridized carbons (Fsp3) is 0.429. The first-order valence-electron chi connectivity index (χ1n) is 6.67. The minimum absolute atomic E-state index is 0.0211. The third-order valence-corrected chi connectivity index (χ3v) is 3.86. The van der Waals surface area contributed by atoms with Crippen LogP contribution in [-0.4, -0.2) is 54.2 Å². The van der Waals surface area contributed by atoms with Crippen molar-refractivity contribution in [3.8, 4) is 0 Å². The number of hydrogen-bond donors (Lipinski definition) is 2. The molecule has 0 bridgehead atoms. The molecule has 1 heterocycles. The lowest BCUT2D eigenvalue weighted by Gasteiger charge is -2.31. The number of aliphatic hydroxyl groups excluding tert-OH is 1. The van der Waals surface area contributed by atoms with Crippen LogP contribution >= 0.6 is 22.6 Å². The van der Waals surface area contributed by atoms with Gasteiger partial charge < -0.3 is 20.1 Å². The monoisotopic (exact) mass is 404 g/mol. The predicted octanol–water partition coefficient (Wildman–Crippen LogP) is 0.839. The molecule has 1 aromatic carbocycles. The van der Waals surface area contributed by atoms with E-state index in [2.05, 4.69) is 27.9 Å². The molecule has 1 fully saturated rings. The van der Waals surface area contributed by atoms with Crippen LogP contribution in [0.3, 0.4) is 0 Å². The topological polar surface area (TPSA) is 78.9 Å². The molecule has 2 amide bonds. The van der Waals surface area contributed by atoms with Crippen molar-refractivity contribution in [1.82, 2.24) is 4.90 Å². The smallest absolute Gasteiger partial charge is 0.252 e. The summed E-state index contributed by atoms with van der Waals surface area (Å²) < 4.78 is 6.44. The Morgan fingerprint density at radius 1 is 1.43 bits per heavy atom. The van der Waals surface area contributed by atoms with E-state index in [0.717, 1.165) is 3.57 Å². The number of halogens is 1. The van der Waals surface area contributed by atoms with E-state index in [1.54, 1.807) is 12.1 Å². The number of β-amino-alcohol motifs (C(OH)–C–C–N with tert-alkyl or cyclic N) is 1. The number of ether oxygens (including phenoxy) is 1. The van der Waals surface area contributed by atoms with Crippen LogP contribution in [0.15, 0.2) is 24.3 Å². The van der Waals surface area contributed by atoms with Crippen LogP contribution in [-0.2, 0) is 14.3 Å². The van der Waals surface area contributed by atoms with Crippen molar-refractivity contribution >= 4 is 40.1 Å². The SMILES string of the molecule is O=C(CC1OCCN(CCO)C1=O)Nc1ccc(I)cc1. The van der Waals surface area contributed by atoms with Crippen molar-refractivity contribution in [2.75, 3.05) is 31.6 Å². The lowest BCUT2D eigenvalue weighted by atomic mass is 10.1. The quantitative estimate of drug-likeness (QED) is 0.714. The lowest BCUT2D eigenvalue weighted by molar-refractivity contribution is -0.155. The molecule has 21 heavy (non-hydrogen) atoms. The van der Waals surface area contributed by atoms with Crippen LogP contribution in [0.4, 0.5) is 5.69 Å². The second-order valence-electron chi connectivity index (χ2n) is 4.67. The summed E-state index contributed by atoms with van der Waals surface area (Å²) in [4.78, 5) is 25.5. The number of carbonyl (C=O) groups excluding carboxylic acids is 2. The fourth-order valence-electron chi connectivity index (χ4n) is 2.09. The Morgan fingerprint density at radius 2 is 2.14 bits per heavy atom. The maximum absolute atomic E-state index is 12.1. The standard InChI is InChI=1S/C14H17IN2O4/c15-10-1-3-11(4-2-10)16-13(19)9-12-14(20)17(5-7-18)6-8-21-12/h1-4,12,18H,5-9H2,(H,16,19). The highest BCUT2D eigenvalue weighted by molar-refractivity contribution is 14.1. The summed E-state index contributed by atoms with van der Waals surface area (Å²) in [7, 11) is 0. The molecule has 2 rings (SSSR count). The summed E-state index contributed by atoms with van der Waals surface area (Å²) in [5.74, 6) is -0.506. The van der Waals surface area contributed by atoms with Gasteiger partial charge in [0.05, 0.1) is 19.6 Å². The highest BCUT2D eigenvalue weighted by atomic mass is 127. The minimum atomic E-state index is -0.769. The van der Waals surface area contributed by atoms with Crippen molar-refractivity contribution in [3.05, 3.63) is 27.8 Å². The number of nitrogens with zero attached hydrogens (tertiary/aromatic N) is 1. The number of carbonyl (C=O) groups is 2. The van der Waals surface area contributed by atoms with Gasteiger partial charge in [0.25, 0.3) is 5.91 Å². The summed E-state index contributed by atoms with van der Waals surface area (Å²) in [6, 6.07) is 7.39. The number of rotatable bonds is 5. The van der Waals surface area contributed by atoms with Crippen LogP contribution in [0.2, 0.25) is 0 Å². The van der Waals surface area contributed by atoms with Gasteiger partial charge in [-0.2, -0.15) is 0 Å². The Labute approximate surface area is 136 Å². The van der Waals surface area contributed by atoms with Crippen molar-refractivity contribution in [2.45, 2.75) is 12.5 Å². The van der Waals surface area contributed by atoms with Gasteiger partial charge in [-0.05, 0) is 46.9 Å². The Hall–Kier alpha value is -1.19. The van der Waals surface area contributed by atoms with E-state index in [0.29, 0.717) is 18.8 Å². The molecule has 0 radical (unpaired) electrons. The molecule has 1 aliphatic heterocycles. The van der Waals surface area contributed by atoms with E-state index in [4.69, 9.17) is 9.84 Å². The number of morpholine rings is 1. The van der Waals surface area contributed by atoms with Crippen LogP contribution in [0, 0.1) is 3.57 Å². The number of aliphatic hydroxyl groups is 1. The minimum Gasteiger partial charge on any atom is -0.395 e. The molecule has 1 aliphatic rings. The first kappa shape index (κ1) is 16.2. The van der Waals surface area contributed by atoms with E-state index in [-0.39, 0.29) is 31.4 Å². The van der Waals surface area contributed by atoms with Gasteiger partial charge in [-0.1, -0.05) is 0 Å². The van der Waals surface area contributed by atoms with Crippen molar-refractivity contribution < 1.29 is 19.4 Å². The van der Waals surface area contributed by atoms with Crippen molar-refractivity contribution in [2.24, 2.45) is 0 Å². The van der Waals surface area contributed by atoms with Gasteiger partial charge in [-0.25, -0.2) is 0 Å². The second kappa shape index (κ2) is 7.71. The van der Waals surface area contributed by atoms with E-state index < -0.39 is 6.10 Å². The first-order chi connectivity index (χ1) is 10.1. The molecule has 7 heteroatoms. The normalized spacial score (nSPS) is 18.7. The van der Waals surface area contributed by atoms with Crippen molar-refractivity contribution in [1.29, 1.82) is 0 Å². The van der Waals surface area contributed by atoms with Crippen LogP contribution in [0.25, 0.3) is 0 Å². The lowest BCUT2D eigenvalue weighted by Crippen LogP contribution is -2.49. The molecule has 6 nitrogen and oxygen atoms in total. The van der Waals surface area contributed by atoms with Crippen molar-refractivity contribution in [3.63, 3.8) is 0 Å². The largest absolute Gasteiger partial charge is 0.395 e. The highest BCUT2D eigenvalue weighted by Crippen LogP contribution is 2.14. The van der Waals surface area contributed by atoms with Gasteiger partial charge in [-0.3, -0.25) is 9.59 Å². The summed E-state index contributed by atoms with van der Waals surface area (Å²) in [6.45, 7) is 1.02. The Balaban J connectivity index is 1.89. The summed E-state index contributed by atoms with van der Waals surface area (Å²) >= 11 is 2.18. The van der Waals surface area contributed by atoms with Gasteiger partial charge in [0.1, 0.15) is 6.10 Å². The number of amides is 2. The number of benzene rings is 1. The molecule has 0 saturated carbocycles. The second-order valence-corrected chi connectivity index (χ2v) is 5.91. The zero-order valence-electron chi connectivity index (χ0n) is 11.4. The average Bonchev–Trinajstić information content (AvgIpc) is 2.46. The molecule has 1 unspecified atom stereocenters. The van der Waals surface area contributed by atoms with Gasteiger partial charge in [0.2, 0.25) is 5.91 Å². The molecule has 0 aromatic heterocycles. The van der Waals surface area contributed by atoms with Gasteiger partial charge >= 0.3 is 0 Å². The molecule has 1 aromatic rings. The third kappa shape index (κ3) is 4.65. The fourth-order valence-corrected chi connectivity index (χ4v) is 2.45. The number of anilines is 1. The number of hydrogen-bond acceptors (Lipinski definition) is 4. The summed E-state index contributed by atoms with van der Waals surface area (Å²) in [5.41, 5.74) is 0.691. The average molecular weight is 404 g/mol. The van der Waals surface area contributed by atoms with Crippen LogP contribution < -0.4 is 5.32 Å². The maximum Gasteiger partial charge on any atom is 0.252 e. The highest BCUT2D eigenvalue weighted by Gasteiger charge is 2.30. The van der Waals surface area contributed by atoms with Gasteiger partial charge in [-0.15, -0.1) is 0 Å². The summed E-state index contributed by atoms with van der Waals surface area (Å²) in [6.07, 6.45) is -0.790. The Kier molecular flexibility index (Phi) is 5.95.